The van der Waals surface area contributed by atoms with E-state index in [0.29, 0.717) is 0 Å². The zero-order valence-electron chi connectivity index (χ0n) is 13.2. The number of likely N-dealkylation sites (N-methyl/N-ethyl adjacent to an activating group) is 1. The summed E-state index contributed by atoms with van der Waals surface area (Å²) in [4.78, 5) is 14.1. The molecule has 1 saturated heterocycles. The van der Waals surface area contributed by atoms with Gasteiger partial charge in [0.1, 0.15) is 0 Å². The first-order valence-electron chi connectivity index (χ1n) is 7.23. The van der Waals surface area contributed by atoms with Gasteiger partial charge in [0, 0.05) is 37.9 Å². The van der Waals surface area contributed by atoms with Gasteiger partial charge in [-0.05, 0) is 19.8 Å². The molecule has 0 unspecified atom stereocenters. The second kappa shape index (κ2) is 6.66. The van der Waals surface area contributed by atoms with E-state index in [1.54, 1.807) is 0 Å². The summed E-state index contributed by atoms with van der Waals surface area (Å²) in [7, 11) is -1.93. The number of amides is 1. The van der Waals surface area contributed by atoms with Crippen LogP contribution in [0.5, 0.6) is 0 Å². The van der Waals surface area contributed by atoms with E-state index in [9.17, 15) is 13.2 Å². The van der Waals surface area contributed by atoms with Gasteiger partial charge in [-0.1, -0.05) is 0 Å². The van der Waals surface area contributed by atoms with Crippen molar-refractivity contribution in [3.05, 3.63) is 11.8 Å². The van der Waals surface area contributed by atoms with Crippen LogP contribution < -0.4 is 10.2 Å². The lowest BCUT2D eigenvalue weighted by Crippen LogP contribution is -2.47. The third-order valence-corrected chi connectivity index (χ3v) is 5.07. The Labute approximate surface area is 130 Å². The van der Waals surface area contributed by atoms with Gasteiger partial charge in [-0.25, -0.2) is 8.42 Å². The predicted octanol–water partition coefficient (Wildman–Crippen LogP) is -0.305. The maximum Gasteiger partial charge on any atom is 0.235 e. The maximum atomic E-state index is 11.9. The molecule has 2 N–H and O–H groups in total. The summed E-state index contributed by atoms with van der Waals surface area (Å²) >= 11 is 0. The fourth-order valence-corrected chi connectivity index (χ4v) is 2.76. The molecule has 22 heavy (non-hydrogen) atoms. The molecule has 1 aliphatic heterocycles. The first-order valence-corrected chi connectivity index (χ1v) is 9.08. The molecular weight excluding hydrogens is 306 g/mol. The Balaban J connectivity index is 1.79. The van der Waals surface area contributed by atoms with Crippen LogP contribution in [0.4, 0.5) is 5.82 Å². The minimum Gasteiger partial charge on any atom is -0.355 e. The highest BCUT2D eigenvalue weighted by molar-refractivity contribution is 7.88. The van der Waals surface area contributed by atoms with Crippen molar-refractivity contribution in [1.29, 1.82) is 0 Å². The largest absolute Gasteiger partial charge is 0.355 e. The lowest BCUT2D eigenvalue weighted by molar-refractivity contribution is -0.121. The number of piperidine rings is 1. The lowest BCUT2D eigenvalue weighted by atomic mass is 10.1. The quantitative estimate of drug-likeness (QED) is 0.772. The van der Waals surface area contributed by atoms with Crippen LogP contribution in [0.15, 0.2) is 6.07 Å². The number of carbonyl (C=O) groups is 1. The fourth-order valence-electron chi connectivity index (χ4n) is 2.41. The molecule has 124 valence electrons. The van der Waals surface area contributed by atoms with Gasteiger partial charge in [0.25, 0.3) is 0 Å². The van der Waals surface area contributed by atoms with Crippen molar-refractivity contribution in [3.8, 4) is 0 Å². The second-order valence-corrected chi connectivity index (χ2v) is 7.85. The van der Waals surface area contributed by atoms with Gasteiger partial charge in [-0.3, -0.25) is 9.89 Å². The highest BCUT2D eigenvalue weighted by atomic mass is 32.2. The summed E-state index contributed by atoms with van der Waals surface area (Å²) < 4.78 is 23.6. The molecule has 0 bridgehead atoms. The minimum absolute atomic E-state index is 0.0803. The van der Waals surface area contributed by atoms with Crippen LogP contribution in [0.1, 0.15) is 18.5 Å². The minimum atomic E-state index is -3.33. The predicted molar refractivity (Wildman–Crippen MR) is 84.2 cm³/mol. The average molecular weight is 329 g/mol. The first kappa shape index (κ1) is 16.8. The third-order valence-electron chi connectivity index (χ3n) is 3.81. The Kier molecular flexibility index (Phi) is 5.07. The SMILES string of the molecule is Cc1cc(N2CCC(NC(=O)CN(C)S(C)(=O)=O)CC2)n[nH]1. The highest BCUT2D eigenvalue weighted by Crippen LogP contribution is 2.18. The molecular formula is C13H23N5O3S. The molecule has 0 aliphatic carbocycles. The van der Waals surface area contributed by atoms with Crippen LogP contribution in [0.2, 0.25) is 0 Å². The highest BCUT2D eigenvalue weighted by Gasteiger charge is 2.23. The van der Waals surface area contributed by atoms with E-state index in [-0.39, 0.29) is 18.5 Å². The molecule has 9 heteroatoms. The molecule has 1 aromatic heterocycles. The Morgan fingerprint density at radius 2 is 2.14 bits per heavy atom. The Bertz CT molecular complexity index is 619. The molecule has 1 aromatic rings. The summed E-state index contributed by atoms with van der Waals surface area (Å²) in [6.07, 6.45) is 2.73. The number of sulfonamides is 1. The first-order chi connectivity index (χ1) is 10.3. The van der Waals surface area contributed by atoms with Crippen molar-refractivity contribution in [2.45, 2.75) is 25.8 Å². The number of nitrogens with zero attached hydrogens (tertiary/aromatic N) is 3. The summed E-state index contributed by atoms with van der Waals surface area (Å²) in [5.41, 5.74) is 1.02. The molecule has 2 heterocycles. The van der Waals surface area contributed by atoms with E-state index in [2.05, 4.69) is 20.4 Å². The van der Waals surface area contributed by atoms with Gasteiger partial charge < -0.3 is 10.2 Å². The zero-order chi connectivity index (χ0) is 16.3. The van der Waals surface area contributed by atoms with E-state index in [1.807, 2.05) is 13.0 Å². The fraction of sp³-hybridized carbons (Fsp3) is 0.692. The molecule has 0 atom stereocenters. The number of H-pyrrole nitrogens is 1. The Morgan fingerprint density at radius 3 is 2.64 bits per heavy atom. The van der Waals surface area contributed by atoms with Crippen LogP contribution in [0, 0.1) is 6.92 Å². The number of anilines is 1. The van der Waals surface area contributed by atoms with Gasteiger partial charge in [-0.15, -0.1) is 0 Å². The molecule has 2 rings (SSSR count). The topological polar surface area (TPSA) is 98.4 Å². The summed E-state index contributed by atoms with van der Waals surface area (Å²) in [6, 6.07) is 2.08. The third kappa shape index (κ3) is 4.44. The summed E-state index contributed by atoms with van der Waals surface area (Å²) in [5, 5.41) is 10.1. The van der Waals surface area contributed by atoms with Crippen molar-refractivity contribution in [2.24, 2.45) is 0 Å². The van der Waals surface area contributed by atoms with Gasteiger partial charge in [-0.2, -0.15) is 9.40 Å². The normalized spacial score (nSPS) is 17.0. The zero-order valence-corrected chi connectivity index (χ0v) is 14.0. The molecule has 1 amide bonds. The van der Waals surface area contributed by atoms with E-state index in [4.69, 9.17) is 0 Å². The van der Waals surface area contributed by atoms with Crippen molar-refractivity contribution in [1.82, 2.24) is 19.8 Å². The van der Waals surface area contributed by atoms with Crippen molar-refractivity contribution >= 4 is 21.7 Å². The number of hydrogen-bond donors (Lipinski definition) is 2. The second-order valence-electron chi connectivity index (χ2n) is 5.76. The van der Waals surface area contributed by atoms with Gasteiger partial charge >= 0.3 is 0 Å². The van der Waals surface area contributed by atoms with E-state index in [0.717, 1.165) is 48.0 Å². The van der Waals surface area contributed by atoms with E-state index >= 15 is 0 Å². The molecule has 0 spiro atoms. The summed E-state index contributed by atoms with van der Waals surface area (Å²) in [5.74, 6) is 0.668. The smallest absolute Gasteiger partial charge is 0.235 e. The number of nitrogens with one attached hydrogen (secondary N) is 2. The molecule has 1 aliphatic rings. The number of aryl methyl sites for hydroxylation is 1. The molecule has 1 fully saturated rings. The number of carbonyl (C=O) groups excluding carboxylic acids is 1. The van der Waals surface area contributed by atoms with Gasteiger partial charge in [0.05, 0.1) is 12.8 Å². The maximum absolute atomic E-state index is 11.9. The molecule has 0 saturated carbocycles. The van der Waals surface area contributed by atoms with Crippen molar-refractivity contribution < 1.29 is 13.2 Å². The molecule has 8 nitrogen and oxygen atoms in total. The van der Waals surface area contributed by atoms with Crippen molar-refractivity contribution in [3.63, 3.8) is 0 Å². The number of aromatic nitrogens is 2. The molecule has 0 aromatic carbocycles. The van der Waals surface area contributed by atoms with Gasteiger partial charge in [0.15, 0.2) is 5.82 Å². The van der Waals surface area contributed by atoms with Crippen LogP contribution in [-0.2, 0) is 14.8 Å². The Hall–Kier alpha value is -1.61. The number of hydrogen-bond acceptors (Lipinski definition) is 5. The Morgan fingerprint density at radius 1 is 1.50 bits per heavy atom. The average Bonchev–Trinajstić information content (AvgIpc) is 2.85. The standard InChI is InChI=1S/C13H23N5O3S/c1-10-8-12(16-15-10)18-6-4-11(5-7-18)14-13(19)9-17(2)22(3,20)21/h8,11H,4-7,9H2,1-3H3,(H,14,19)(H,15,16). The van der Waals surface area contributed by atoms with E-state index < -0.39 is 10.0 Å². The molecule has 0 radical (unpaired) electrons. The van der Waals surface area contributed by atoms with Crippen LogP contribution in [-0.4, -0.2) is 67.8 Å². The van der Waals surface area contributed by atoms with Gasteiger partial charge in [0.2, 0.25) is 15.9 Å². The number of rotatable bonds is 5. The van der Waals surface area contributed by atoms with Crippen LogP contribution in [0.25, 0.3) is 0 Å². The van der Waals surface area contributed by atoms with E-state index in [1.165, 1.54) is 7.05 Å². The summed E-state index contributed by atoms with van der Waals surface area (Å²) in [6.45, 7) is 3.45. The van der Waals surface area contributed by atoms with Crippen LogP contribution in [0.3, 0.4) is 0 Å². The number of aromatic amines is 1. The monoisotopic (exact) mass is 329 g/mol. The van der Waals surface area contributed by atoms with Crippen molar-refractivity contribution in [2.75, 3.05) is 37.8 Å². The lowest BCUT2D eigenvalue weighted by Gasteiger charge is -2.32. The van der Waals surface area contributed by atoms with Crippen LogP contribution >= 0.6 is 0 Å².